The summed E-state index contributed by atoms with van der Waals surface area (Å²) in [5.41, 5.74) is -2.78. The Morgan fingerprint density at radius 1 is 1.00 bits per heavy atom. The summed E-state index contributed by atoms with van der Waals surface area (Å²) in [6.45, 7) is 1.39. The van der Waals surface area contributed by atoms with Crippen LogP contribution in [0, 0.1) is 11.8 Å². The number of carbonyl (C=O) groups excluding carboxylic acids is 2. The first-order valence-corrected chi connectivity index (χ1v) is 12.2. The molecular weight excluding hydrogens is 483 g/mol. The Morgan fingerprint density at radius 2 is 1.67 bits per heavy atom. The van der Waals surface area contributed by atoms with Crippen molar-refractivity contribution in [3.05, 3.63) is 58.2 Å². The van der Waals surface area contributed by atoms with E-state index in [-0.39, 0.29) is 24.4 Å². The molecule has 0 spiro atoms. The Bertz CT molecular complexity index is 1180. The lowest BCUT2D eigenvalue weighted by Crippen LogP contribution is -2.69. The highest BCUT2D eigenvalue weighted by Crippen LogP contribution is 2.66. The molecule has 1 aromatic rings. The number of hydrogen-bond donors (Lipinski definition) is 2. The standard InChI is InChI=1S/C27H27F5O4/c1-14(33)15-2-4-16(5-3-15)21-13-24(35)22(10-11-25(24,36)26(28,29)27(30,31)32)20-8-6-17-12-18(34)7-9-19(17)23(20)21/h2-5,12,20-22,35-36H,6-11,13H2,1H3/t20?,21-,22?,24-,25+/m1/s1. The monoisotopic (exact) mass is 510 g/mol. The number of carbonyl (C=O) groups is 2. The van der Waals surface area contributed by atoms with Gasteiger partial charge in [0.1, 0.15) is 5.60 Å². The predicted octanol–water partition coefficient (Wildman–Crippen LogP) is 5.44. The van der Waals surface area contributed by atoms with Crippen LogP contribution in [0.2, 0.25) is 0 Å². The van der Waals surface area contributed by atoms with E-state index in [2.05, 4.69) is 0 Å². The highest BCUT2D eigenvalue weighted by molar-refractivity contribution is 5.94. The number of aliphatic hydroxyl groups is 2. The molecule has 0 aliphatic heterocycles. The van der Waals surface area contributed by atoms with Gasteiger partial charge in [-0.05, 0) is 80.1 Å². The van der Waals surface area contributed by atoms with Crippen LogP contribution < -0.4 is 0 Å². The van der Waals surface area contributed by atoms with Gasteiger partial charge in [-0.2, -0.15) is 22.0 Å². The average molecular weight is 510 g/mol. The van der Waals surface area contributed by atoms with Gasteiger partial charge in [0.2, 0.25) is 0 Å². The number of allylic oxidation sites excluding steroid dienone is 4. The van der Waals surface area contributed by atoms with Crippen LogP contribution >= 0.6 is 0 Å². The van der Waals surface area contributed by atoms with Crippen LogP contribution in [0.15, 0.2) is 47.1 Å². The molecule has 9 heteroatoms. The Balaban J connectivity index is 1.69. The summed E-state index contributed by atoms with van der Waals surface area (Å²) < 4.78 is 70.1. The minimum atomic E-state index is -6.03. The van der Waals surface area contributed by atoms with E-state index in [1.807, 2.05) is 0 Å². The predicted molar refractivity (Wildman–Crippen MR) is 120 cm³/mol. The molecule has 4 aliphatic rings. The van der Waals surface area contributed by atoms with E-state index in [9.17, 15) is 41.8 Å². The van der Waals surface area contributed by atoms with Crippen LogP contribution in [0.5, 0.6) is 0 Å². The van der Waals surface area contributed by atoms with E-state index in [1.54, 1.807) is 30.3 Å². The lowest BCUT2D eigenvalue weighted by atomic mass is 9.54. The largest absolute Gasteiger partial charge is 0.456 e. The number of fused-ring (bicyclic) bond motifs is 4. The second-order valence-electron chi connectivity index (χ2n) is 10.7. The van der Waals surface area contributed by atoms with Crippen molar-refractivity contribution in [2.45, 2.75) is 81.1 Å². The molecule has 0 bridgehead atoms. The number of hydrogen-bond acceptors (Lipinski definition) is 4. The Labute approximate surface area is 204 Å². The number of Topliss-reactive ketones (excluding diaryl/α,β-unsaturated/α-hetero) is 1. The van der Waals surface area contributed by atoms with Crippen molar-refractivity contribution in [1.29, 1.82) is 0 Å². The van der Waals surface area contributed by atoms with Crippen molar-refractivity contribution >= 4 is 11.6 Å². The molecule has 2 unspecified atom stereocenters. The Hall–Kier alpha value is -2.39. The topological polar surface area (TPSA) is 74.6 Å². The summed E-state index contributed by atoms with van der Waals surface area (Å²) in [6.07, 6.45) is -4.48. The van der Waals surface area contributed by atoms with Crippen LogP contribution in [0.4, 0.5) is 22.0 Å². The van der Waals surface area contributed by atoms with E-state index in [1.165, 1.54) is 6.92 Å². The minimum Gasteiger partial charge on any atom is -0.386 e. The molecule has 2 N–H and O–H groups in total. The van der Waals surface area contributed by atoms with Crippen molar-refractivity contribution in [3.8, 4) is 0 Å². The third kappa shape index (κ3) is 3.38. The first-order valence-electron chi connectivity index (χ1n) is 12.2. The molecule has 2 saturated carbocycles. The summed E-state index contributed by atoms with van der Waals surface area (Å²) in [7, 11) is 0. The van der Waals surface area contributed by atoms with Gasteiger partial charge in [-0.3, -0.25) is 9.59 Å². The molecule has 4 nitrogen and oxygen atoms in total. The van der Waals surface area contributed by atoms with Crippen LogP contribution in [0.1, 0.15) is 73.7 Å². The van der Waals surface area contributed by atoms with E-state index in [4.69, 9.17) is 0 Å². The van der Waals surface area contributed by atoms with Gasteiger partial charge >= 0.3 is 12.1 Å². The van der Waals surface area contributed by atoms with Gasteiger partial charge in [0.05, 0.1) is 0 Å². The number of rotatable bonds is 3. The van der Waals surface area contributed by atoms with E-state index in [0.29, 0.717) is 30.4 Å². The van der Waals surface area contributed by atoms with Gasteiger partial charge in [-0.25, -0.2) is 0 Å². The lowest BCUT2D eigenvalue weighted by molar-refractivity contribution is -0.371. The molecule has 2 fully saturated rings. The third-order valence-corrected chi connectivity index (χ3v) is 8.94. The zero-order valence-electron chi connectivity index (χ0n) is 19.7. The van der Waals surface area contributed by atoms with Gasteiger partial charge < -0.3 is 10.2 Å². The molecular formula is C27H27F5O4. The number of halogens is 5. The van der Waals surface area contributed by atoms with E-state index in [0.717, 1.165) is 16.7 Å². The number of benzene rings is 1. The van der Waals surface area contributed by atoms with Crippen LogP contribution in [0.25, 0.3) is 0 Å². The summed E-state index contributed by atoms with van der Waals surface area (Å²) in [5.74, 6) is -7.95. The van der Waals surface area contributed by atoms with Gasteiger partial charge in [-0.15, -0.1) is 0 Å². The fourth-order valence-corrected chi connectivity index (χ4v) is 7.20. The summed E-state index contributed by atoms with van der Waals surface area (Å²) in [4.78, 5) is 23.8. The van der Waals surface area contributed by atoms with Crippen LogP contribution in [-0.2, 0) is 4.79 Å². The van der Waals surface area contributed by atoms with Gasteiger partial charge in [0.25, 0.3) is 0 Å². The van der Waals surface area contributed by atoms with Gasteiger partial charge in [-0.1, -0.05) is 29.8 Å². The second kappa shape index (κ2) is 8.05. The first kappa shape index (κ1) is 25.3. The van der Waals surface area contributed by atoms with Crippen LogP contribution in [-0.4, -0.2) is 45.1 Å². The fraction of sp³-hybridized carbons (Fsp3) is 0.556. The molecule has 194 valence electrons. The Morgan fingerprint density at radius 3 is 2.28 bits per heavy atom. The fourth-order valence-electron chi connectivity index (χ4n) is 7.20. The van der Waals surface area contributed by atoms with Crippen molar-refractivity contribution in [1.82, 2.24) is 0 Å². The summed E-state index contributed by atoms with van der Waals surface area (Å²) in [5, 5.41) is 22.7. The highest BCUT2D eigenvalue weighted by Gasteiger charge is 2.80. The number of ketones is 2. The SMILES string of the molecule is CC(=O)c1ccc([C@H]2C[C@@]3(O)C(CC[C@@]3(O)C(F)(F)C(F)(F)F)C3CCC4=CC(=O)CCC4=C32)cc1. The van der Waals surface area contributed by atoms with Crippen LogP contribution in [0.3, 0.4) is 0 Å². The van der Waals surface area contributed by atoms with E-state index >= 15 is 0 Å². The van der Waals surface area contributed by atoms with Crippen molar-refractivity contribution < 1.29 is 41.8 Å². The maximum atomic E-state index is 14.8. The zero-order valence-corrected chi connectivity index (χ0v) is 19.7. The third-order valence-electron chi connectivity index (χ3n) is 8.94. The molecule has 0 radical (unpaired) electrons. The minimum absolute atomic E-state index is 0.0115. The first-order chi connectivity index (χ1) is 16.7. The second-order valence-corrected chi connectivity index (χ2v) is 10.7. The highest BCUT2D eigenvalue weighted by atomic mass is 19.4. The quantitative estimate of drug-likeness (QED) is 0.420. The lowest BCUT2D eigenvalue weighted by Gasteiger charge is -2.54. The molecule has 0 saturated heterocycles. The van der Waals surface area contributed by atoms with Gasteiger partial charge in [0.15, 0.2) is 17.2 Å². The van der Waals surface area contributed by atoms with Crippen molar-refractivity contribution in [3.63, 3.8) is 0 Å². The maximum absolute atomic E-state index is 14.8. The molecule has 36 heavy (non-hydrogen) atoms. The smallest absolute Gasteiger partial charge is 0.386 e. The van der Waals surface area contributed by atoms with E-state index < -0.39 is 53.9 Å². The molecule has 0 heterocycles. The van der Waals surface area contributed by atoms with Gasteiger partial charge in [0, 0.05) is 17.9 Å². The number of alkyl halides is 5. The molecule has 0 amide bonds. The molecule has 5 rings (SSSR count). The maximum Gasteiger partial charge on any atom is 0.456 e. The van der Waals surface area contributed by atoms with Crippen molar-refractivity contribution in [2.24, 2.45) is 11.8 Å². The summed E-state index contributed by atoms with van der Waals surface area (Å²) >= 11 is 0. The normalized spacial score (nSPS) is 34.6. The molecule has 4 aliphatic carbocycles. The van der Waals surface area contributed by atoms with Crippen molar-refractivity contribution in [2.75, 3.05) is 0 Å². The zero-order chi connectivity index (χ0) is 26.3. The molecule has 1 aromatic carbocycles. The summed E-state index contributed by atoms with van der Waals surface area (Å²) in [6, 6.07) is 6.36. The Kier molecular flexibility index (Phi) is 5.65. The molecule has 0 aromatic heterocycles. The molecule has 5 atom stereocenters. The average Bonchev–Trinajstić information content (AvgIpc) is 3.09.